The molecule has 2 aromatic carbocycles. The van der Waals surface area contributed by atoms with Gasteiger partial charge in [0.05, 0.1) is 17.4 Å². The highest BCUT2D eigenvalue weighted by molar-refractivity contribution is 5.97. The van der Waals surface area contributed by atoms with Gasteiger partial charge >= 0.3 is 0 Å². The number of nitrogens with one attached hydrogen (secondary N) is 3. The molecule has 1 amide bonds. The Morgan fingerprint density at radius 1 is 1.05 bits per heavy atom. The highest BCUT2D eigenvalue weighted by Gasteiger charge is 2.22. The van der Waals surface area contributed by atoms with Gasteiger partial charge in [-0.1, -0.05) is 42.5 Å². The molecule has 0 unspecified atom stereocenters. The summed E-state index contributed by atoms with van der Waals surface area (Å²) in [5.74, 6) is 0.0476. The number of anilines is 2. The first-order chi connectivity index (χ1) is 10.8. The van der Waals surface area contributed by atoms with E-state index in [1.807, 2.05) is 42.5 Å². The van der Waals surface area contributed by atoms with E-state index in [1.165, 1.54) is 5.56 Å². The van der Waals surface area contributed by atoms with Gasteiger partial charge < -0.3 is 16.0 Å². The molecule has 22 heavy (non-hydrogen) atoms. The number of amides is 1. The van der Waals surface area contributed by atoms with Gasteiger partial charge in [-0.3, -0.25) is 4.79 Å². The Bertz CT molecular complexity index is 621. The zero-order valence-corrected chi connectivity index (χ0v) is 12.5. The van der Waals surface area contributed by atoms with Gasteiger partial charge in [0, 0.05) is 6.54 Å². The lowest BCUT2D eigenvalue weighted by atomic mass is 10.2. The van der Waals surface area contributed by atoms with Crippen LogP contribution in [0.5, 0.6) is 0 Å². The Morgan fingerprint density at radius 3 is 2.50 bits per heavy atom. The maximum atomic E-state index is 12.2. The van der Waals surface area contributed by atoms with Crippen molar-refractivity contribution in [3.05, 3.63) is 60.2 Å². The van der Waals surface area contributed by atoms with Gasteiger partial charge in [0.15, 0.2) is 0 Å². The minimum atomic E-state index is -0.0674. The van der Waals surface area contributed by atoms with E-state index in [4.69, 9.17) is 0 Å². The molecular formula is C18H21N3O. The van der Waals surface area contributed by atoms with Crippen LogP contribution in [0, 0.1) is 0 Å². The van der Waals surface area contributed by atoms with Crippen molar-refractivity contribution in [1.29, 1.82) is 0 Å². The van der Waals surface area contributed by atoms with Crippen molar-refractivity contribution in [3.8, 4) is 0 Å². The largest absolute Gasteiger partial charge is 0.379 e. The second kappa shape index (κ2) is 7.09. The van der Waals surface area contributed by atoms with Crippen LogP contribution < -0.4 is 16.0 Å². The van der Waals surface area contributed by atoms with Crippen LogP contribution >= 0.6 is 0 Å². The molecule has 2 aromatic rings. The molecule has 3 N–H and O–H groups in total. The van der Waals surface area contributed by atoms with E-state index >= 15 is 0 Å². The lowest BCUT2D eigenvalue weighted by Crippen LogP contribution is -2.35. The number of benzene rings is 2. The topological polar surface area (TPSA) is 53.2 Å². The van der Waals surface area contributed by atoms with Gasteiger partial charge in [-0.05, 0) is 37.1 Å². The van der Waals surface area contributed by atoms with Gasteiger partial charge in [-0.25, -0.2) is 0 Å². The zero-order chi connectivity index (χ0) is 15.2. The molecule has 1 aliphatic rings. The normalized spacial score (nSPS) is 17.2. The van der Waals surface area contributed by atoms with Crippen molar-refractivity contribution >= 4 is 17.3 Å². The van der Waals surface area contributed by atoms with Crippen molar-refractivity contribution < 1.29 is 4.79 Å². The maximum absolute atomic E-state index is 12.2. The number of carbonyl (C=O) groups is 1. The fourth-order valence-electron chi connectivity index (χ4n) is 2.67. The lowest BCUT2D eigenvalue weighted by molar-refractivity contribution is -0.117. The summed E-state index contributed by atoms with van der Waals surface area (Å²) in [6.45, 7) is 1.65. The molecular weight excluding hydrogens is 274 g/mol. The molecule has 1 aliphatic heterocycles. The van der Waals surface area contributed by atoms with Gasteiger partial charge in [-0.15, -0.1) is 0 Å². The molecule has 0 aliphatic carbocycles. The van der Waals surface area contributed by atoms with E-state index in [9.17, 15) is 4.79 Å². The molecule has 1 fully saturated rings. The van der Waals surface area contributed by atoms with Crippen molar-refractivity contribution in [1.82, 2.24) is 5.32 Å². The van der Waals surface area contributed by atoms with Crippen LogP contribution in [0.3, 0.4) is 0 Å². The molecule has 3 rings (SSSR count). The van der Waals surface area contributed by atoms with Crippen molar-refractivity contribution in [2.24, 2.45) is 0 Å². The molecule has 114 valence electrons. The summed E-state index contributed by atoms with van der Waals surface area (Å²) in [4.78, 5) is 12.2. The third kappa shape index (κ3) is 3.65. The molecule has 1 heterocycles. The van der Waals surface area contributed by atoms with Crippen LogP contribution in [0.4, 0.5) is 11.4 Å². The van der Waals surface area contributed by atoms with E-state index in [0.717, 1.165) is 37.3 Å². The highest BCUT2D eigenvalue weighted by Crippen LogP contribution is 2.22. The Labute approximate surface area is 130 Å². The Kier molecular flexibility index (Phi) is 4.71. The predicted octanol–water partition coefficient (Wildman–Crippen LogP) is 2.99. The smallest absolute Gasteiger partial charge is 0.241 e. The zero-order valence-electron chi connectivity index (χ0n) is 12.5. The Balaban J connectivity index is 1.65. The van der Waals surface area contributed by atoms with E-state index in [2.05, 4.69) is 28.1 Å². The number of rotatable bonds is 5. The first-order valence-electron chi connectivity index (χ1n) is 7.74. The average Bonchev–Trinajstić information content (AvgIpc) is 3.10. The monoisotopic (exact) mass is 295 g/mol. The lowest BCUT2D eigenvalue weighted by Gasteiger charge is -2.15. The minimum Gasteiger partial charge on any atom is -0.379 e. The first kappa shape index (κ1) is 14.6. The Morgan fingerprint density at radius 2 is 1.77 bits per heavy atom. The summed E-state index contributed by atoms with van der Waals surface area (Å²) in [6, 6.07) is 18.0. The number of hydrogen-bond donors (Lipinski definition) is 3. The van der Waals surface area contributed by atoms with E-state index in [0.29, 0.717) is 0 Å². The standard InChI is InChI=1S/C18H21N3O/c22-18(17-11-6-12-19-17)21-16-10-5-4-9-15(16)20-13-14-7-2-1-3-8-14/h1-5,7-10,17,19-20H,6,11-13H2,(H,21,22)/t17-/m0/s1. The first-order valence-corrected chi connectivity index (χ1v) is 7.74. The summed E-state index contributed by atoms with van der Waals surface area (Å²) >= 11 is 0. The molecule has 0 aromatic heterocycles. The van der Waals surface area contributed by atoms with Gasteiger partial charge in [0.25, 0.3) is 0 Å². The second-order valence-corrected chi connectivity index (χ2v) is 5.52. The van der Waals surface area contributed by atoms with Gasteiger partial charge in [0.1, 0.15) is 0 Å². The molecule has 4 heteroatoms. The van der Waals surface area contributed by atoms with Crippen molar-refractivity contribution in [3.63, 3.8) is 0 Å². The summed E-state index contributed by atoms with van der Waals surface area (Å²) in [5, 5.41) is 9.64. The molecule has 4 nitrogen and oxygen atoms in total. The van der Waals surface area contributed by atoms with Crippen LogP contribution in [0.25, 0.3) is 0 Å². The van der Waals surface area contributed by atoms with Crippen molar-refractivity contribution in [2.45, 2.75) is 25.4 Å². The third-order valence-electron chi connectivity index (χ3n) is 3.89. The summed E-state index contributed by atoms with van der Waals surface area (Å²) < 4.78 is 0. The quantitative estimate of drug-likeness (QED) is 0.795. The molecule has 0 bridgehead atoms. The second-order valence-electron chi connectivity index (χ2n) is 5.52. The molecule has 1 saturated heterocycles. The minimum absolute atomic E-state index is 0.0476. The summed E-state index contributed by atoms with van der Waals surface area (Å²) in [5.41, 5.74) is 2.98. The van der Waals surface area contributed by atoms with Crippen molar-refractivity contribution in [2.75, 3.05) is 17.2 Å². The Hall–Kier alpha value is -2.33. The SMILES string of the molecule is O=C(Nc1ccccc1NCc1ccccc1)[C@@H]1CCCN1. The van der Waals surface area contributed by atoms with Crippen LogP contribution in [-0.4, -0.2) is 18.5 Å². The van der Waals surface area contributed by atoms with E-state index in [1.54, 1.807) is 0 Å². The molecule has 0 spiro atoms. The summed E-state index contributed by atoms with van der Waals surface area (Å²) in [7, 11) is 0. The molecule has 0 saturated carbocycles. The molecule has 1 atom stereocenters. The molecule has 0 radical (unpaired) electrons. The average molecular weight is 295 g/mol. The van der Waals surface area contributed by atoms with Crippen LogP contribution in [0.1, 0.15) is 18.4 Å². The van der Waals surface area contributed by atoms with E-state index < -0.39 is 0 Å². The van der Waals surface area contributed by atoms with Gasteiger partial charge in [0.2, 0.25) is 5.91 Å². The fourth-order valence-corrected chi connectivity index (χ4v) is 2.67. The fraction of sp³-hybridized carbons (Fsp3) is 0.278. The predicted molar refractivity (Wildman–Crippen MR) is 89.9 cm³/mol. The van der Waals surface area contributed by atoms with Crippen LogP contribution in [-0.2, 0) is 11.3 Å². The third-order valence-corrected chi connectivity index (χ3v) is 3.89. The summed E-state index contributed by atoms with van der Waals surface area (Å²) in [6.07, 6.45) is 1.97. The number of hydrogen-bond acceptors (Lipinski definition) is 3. The van der Waals surface area contributed by atoms with Crippen LogP contribution in [0.15, 0.2) is 54.6 Å². The number of carbonyl (C=O) groups excluding carboxylic acids is 1. The maximum Gasteiger partial charge on any atom is 0.241 e. The van der Waals surface area contributed by atoms with Crippen LogP contribution in [0.2, 0.25) is 0 Å². The number of para-hydroxylation sites is 2. The highest BCUT2D eigenvalue weighted by atomic mass is 16.2. The van der Waals surface area contributed by atoms with Gasteiger partial charge in [-0.2, -0.15) is 0 Å². The van der Waals surface area contributed by atoms with E-state index in [-0.39, 0.29) is 11.9 Å².